The molecule has 0 radical (unpaired) electrons. The number of carboxylic acids is 1. The molecule has 0 unspecified atom stereocenters. The van der Waals surface area contributed by atoms with Crippen LogP contribution in [0.4, 0.5) is 0 Å². The van der Waals surface area contributed by atoms with Crippen molar-refractivity contribution in [3.05, 3.63) is 0 Å². The molecular weight excluding hydrogens is 230 g/mol. The van der Waals surface area contributed by atoms with Gasteiger partial charge in [0, 0.05) is 13.0 Å². The summed E-state index contributed by atoms with van der Waals surface area (Å²) in [6.07, 6.45) is 2.17. The van der Waals surface area contributed by atoms with Crippen LogP contribution in [0.25, 0.3) is 0 Å². The molecule has 0 aromatic rings. The van der Waals surface area contributed by atoms with Crippen molar-refractivity contribution >= 4 is 16.0 Å². The summed E-state index contributed by atoms with van der Waals surface area (Å²) in [6.45, 7) is 4.10. The Labute approximate surface area is 97.3 Å². The molecule has 0 rings (SSSR count). The number of carboxylic acid groups (broad SMARTS) is 1. The summed E-state index contributed by atoms with van der Waals surface area (Å²) in [7, 11) is -3.15. The molecule has 0 spiro atoms. The van der Waals surface area contributed by atoms with Gasteiger partial charge < -0.3 is 5.11 Å². The summed E-state index contributed by atoms with van der Waals surface area (Å²) in [4.78, 5) is 10.2. The standard InChI is InChI=1S/C10H21NO4S/c1-9(2)8-16(14,15)11-7-5-3-4-6-10(12)13/h9,11H,3-8H2,1-2H3,(H,12,13). The average molecular weight is 251 g/mol. The average Bonchev–Trinajstić information content (AvgIpc) is 2.08. The Morgan fingerprint density at radius 1 is 1.25 bits per heavy atom. The van der Waals surface area contributed by atoms with Crippen LogP contribution < -0.4 is 4.72 Å². The molecule has 0 bridgehead atoms. The van der Waals surface area contributed by atoms with Crippen molar-refractivity contribution < 1.29 is 18.3 Å². The van der Waals surface area contributed by atoms with Crippen LogP contribution in [-0.2, 0) is 14.8 Å². The van der Waals surface area contributed by atoms with Crippen LogP contribution in [0.15, 0.2) is 0 Å². The van der Waals surface area contributed by atoms with Gasteiger partial charge in [-0.15, -0.1) is 0 Å². The van der Waals surface area contributed by atoms with Crippen molar-refractivity contribution in [1.29, 1.82) is 0 Å². The highest BCUT2D eigenvalue weighted by Crippen LogP contribution is 2.01. The van der Waals surface area contributed by atoms with Gasteiger partial charge in [0.1, 0.15) is 0 Å². The molecule has 5 nitrogen and oxygen atoms in total. The number of unbranched alkanes of at least 4 members (excludes halogenated alkanes) is 2. The molecule has 0 fully saturated rings. The van der Waals surface area contributed by atoms with E-state index >= 15 is 0 Å². The molecule has 0 saturated heterocycles. The maximum Gasteiger partial charge on any atom is 0.303 e. The third-order valence-corrected chi connectivity index (χ3v) is 3.69. The lowest BCUT2D eigenvalue weighted by Crippen LogP contribution is -2.29. The highest BCUT2D eigenvalue weighted by Gasteiger charge is 2.11. The van der Waals surface area contributed by atoms with E-state index < -0.39 is 16.0 Å². The maximum atomic E-state index is 11.4. The van der Waals surface area contributed by atoms with E-state index in [1.165, 1.54) is 0 Å². The van der Waals surface area contributed by atoms with Crippen molar-refractivity contribution in [1.82, 2.24) is 4.72 Å². The van der Waals surface area contributed by atoms with Gasteiger partial charge >= 0.3 is 5.97 Å². The fraction of sp³-hybridized carbons (Fsp3) is 0.900. The summed E-state index contributed by atoms with van der Waals surface area (Å²) in [5.74, 6) is -0.549. The second-order valence-electron chi connectivity index (χ2n) is 4.27. The van der Waals surface area contributed by atoms with Gasteiger partial charge in [-0.1, -0.05) is 20.3 Å². The molecule has 0 aliphatic carbocycles. The Kier molecular flexibility index (Phi) is 7.33. The first kappa shape index (κ1) is 15.4. The highest BCUT2D eigenvalue weighted by atomic mass is 32.2. The van der Waals surface area contributed by atoms with Crippen molar-refractivity contribution in [3.63, 3.8) is 0 Å². The fourth-order valence-corrected chi connectivity index (χ4v) is 2.75. The third kappa shape index (κ3) is 9.92. The normalized spacial score (nSPS) is 11.9. The van der Waals surface area contributed by atoms with Crippen LogP contribution >= 0.6 is 0 Å². The number of nitrogens with one attached hydrogen (secondary N) is 1. The summed E-state index contributed by atoms with van der Waals surface area (Å²) in [5, 5.41) is 8.39. The van der Waals surface area contributed by atoms with Crippen LogP contribution in [0.1, 0.15) is 39.5 Å². The minimum atomic E-state index is -3.15. The zero-order chi connectivity index (χ0) is 12.6. The Balaban J connectivity index is 3.55. The molecule has 2 N–H and O–H groups in total. The van der Waals surface area contributed by atoms with Crippen LogP contribution in [0.5, 0.6) is 0 Å². The second-order valence-corrected chi connectivity index (χ2v) is 6.13. The Morgan fingerprint density at radius 3 is 2.38 bits per heavy atom. The lowest BCUT2D eigenvalue weighted by molar-refractivity contribution is -0.137. The van der Waals surface area contributed by atoms with E-state index in [1.54, 1.807) is 0 Å². The van der Waals surface area contributed by atoms with Gasteiger partial charge in [-0.25, -0.2) is 13.1 Å². The van der Waals surface area contributed by atoms with Gasteiger partial charge in [0.25, 0.3) is 0 Å². The monoisotopic (exact) mass is 251 g/mol. The van der Waals surface area contributed by atoms with Gasteiger partial charge in [-0.05, 0) is 18.8 Å². The number of rotatable bonds is 9. The predicted octanol–water partition coefficient (Wildman–Crippen LogP) is 1.21. The van der Waals surface area contributed by atoms with Crippen LogP contribution in [0.3, 0.4) is 0 Å². The molecule has 0 aromatic carbocycles. The van der Waals surface area contributed by atoms with Crippen LogP contribution in [0.2, 0.25) is 0 Å². The first-order chi connectivity index (χ1) is 7.33. The molecule has 0 aromatic heterocycles. The molecule has 0 saturated carbocycles. The fourth-order valence-electron chi connectivity index (χ4n) is 1.30. The maximum absolute atomic E-state index is 11.4. The quantitative estimate of drug-likeness (QED) is 0.603. The minimum Gasteiger partial charge on any atom is -0.481 e. The zero-order valence-electron chi connectivity index (χ0n) is 9.90. The lowest BCUT2D eigenvalue weighted by Gasteiger charge is -2.08. The molecule has 6 heteroatoms. The van der Waals surface area contributed by atoms with Gasteiger partial charge in [0.05, 0.1) is 5.75 Å². The summed E-state index contributed by atoms with van der Waals surface area (Å²) >= 11 is 0. The molecule has 96 valence electrons. The smallest absolute Gasteiger partial charge is 0.303 e. The molecule has 0 heterocycles. The largest absolute Gasteiger partial charge is 0.481 e. The number of sulfonamides is 1. The first-order valence-corrected chi connectivity index (χ1v) is 7.18. The number of hydrogen-bond donors (Lipinski definition) is 2. The van der Waals surface area contributed by atoms with Gasteiger partial charge in [-0.2, -0.15) is 0 Å². The van der Waals surface area contributed by atoms with E-state index in [9.17, 15) is 13.2 Å². The molecule has 0 aliphatic rings. The van der Waals surface area contributed by atoms with E-state index in [0.717, 1.165) is 6.42 Å². The summed E-state index contributed by atoms with van der Waals surface area (Å²) in [5.41, 5.74) is 0. The van der Waals surface area contributed by atoms with E-state index in [-0.39, 0.29) is 18.1 Å². The number of aliphatic carboxylic acids is 1. The predicted molar refractivity (Wildman–Crippen MR) is 62.7 cm³/mol. The molecule has 16 heavy (non-hydrogen) atoms. The second kappa shape index (κ2) is 7.62. The molecule has 0 atom stereocenters. The first-order valence-electron chi connectivity index (χ1n) is 5.52. The zero-order valence-corrected chi connectivity index (χ0v) is 10.7. The lowest BCUT2D eigenvalue weighted by atomic mass is 10.2. The SMILES string of the molecule is CC(C)CS(=O)(=O)NCCCCCC(=O)O. The Morgan fingerprint density at radius 2 is 1.88 bits per heavy atom. The molecule has 0 aliphatic heterocycles. The highest BCUT2D eigenvalue weighted by molar-refractivity contribution is 7.89. The van der Waals surface area contributed by atoms with Gasteiger partial charge in [0.2, 0.25) is 10.0 Å². The van der Waals surface area contributed by atoms with Crippen LogP contribution in [-0.4, -0.2) is 31.8 Å². The number of hydrogen-bond acceptors (Lipinski definition) is 3. The van der Waals surface area contributed by atoms with Crippen molar-refractivity contribution in [2.45, 2.75) is 39.5 Å². The molecular formula is C10H21NO4S. The summed E-state index contributed by atoms with van der Waals surface area (Å²) < 4.78 is 25.3. The Bertz CT molecular complexity index is 298. The van der Waals surface area contributed by atoms with Crippen LogP contribution in [0, 0.1) is 5.92 Å². The van der Waals surface area contributed by atoms with Crippen molar-refractivity contribution in [2.75, 3.05) is 12.3 Å². The van der Waals surface area contributed by atoms with Gasteiger partial charge in [-0.3, -0.25) is 4.79 Å². The van der Waals surface area contributed by atoms with E-state index in [2.05, 4.69) is 4.72 Å². The van der Waals surface area contributed by atoms with E-state index in [0.29, 0.717) is 19.4 Å². The minimum absolute atomic E-state index is 0.115. The van der Waals surface area contributed by atoms with E-state index in [4.69, 9.17) is 5.11 Å². The summed E-state index contributed by atoms with van der Waals surface area (Å²) in [6, 6.07) is 0. The van der Waals surface area contributed by atoms with Crippen molar-refractivity contribution in [2.24, 2.45) is 5.92 Å². The number of carbonyl (C=O) groups is 1. The van der Waals surface area contributed by atoms with Gasteiger partial charge in [0.15, 0.2) is 0 Å². The van der Waals surface area contributed by atoms with Crippen molar-refractivity contribution in [3.8, 4) is 0 Å². The topological polar surface area (TPSA) is 83.5 Å². The molecule has 0 amide bonds. The Hall–Kier alpha value is -0.620. The van der Waals surface area contributed by atoms with E-state index in [1.807, 2.05) is 13.8 Å². The third-order valence-electron chi connectivity index (χ3n) is 1.94.